The Morgan fingerprint density at radius 2 is 2.33 bits per heavy atom. The Hall–Kier alpha value is -1.60. The summed E-state index contributed by atoms with van der Waals surface area (Å²) < 4.78 is 4.96. The molecule has 2 heterocycles. The van der Waals surface area contributed by atoms with Crippen molar-refractivity contribution < 1.29 is 19.4 Å². The number of methoxy groups -OCH3 is 1. The van der Waals surface area contributed by atoms with Gasteiger partial charge in [-0.3, -0.25) is 4.79 Å². The van der Waals surface area contributed by atoms with E-state index >= 15 is 0 Å². The lowest BCUT2D eigenvalue weighted by Crippen LogP contribution is -2.49. The maximum atomic E-state index is 12.6. The summed E-state index contributed by atoms with van der Waals surface area (Å²) >= 11 is 1.71. The highest BCUT2D eigenvalue weighted by Crippen LogP contribution is 2.33. The molecule has 1 N–H and O–H groups in total. The van der Waals surface area contributed by atoms with Crippen LogP contribution in [0, 0.1) is 0 Å². The predicted molar refractivity (Wildman–Crippen MR) is 79.6 cm³/mol. The Kier molecular flexibility index (Phi) is 5.19. The lowest BCUT2D eigenvalue weighted by molar-refractivity contribution is -0.137. The molecule has 0 aliphatic carbocycles. The summed E-state index contributed by atoms with van der Waals surface area (Å²) in [6, 6.07) is 1.78. The summed E-state index contributed by atoms with van der Waals surface area (Å²) in [6.45, 7) is 2.91. The second-order valence-corrected chi connectivity index (χ2v) is 6.01. The van der Waals surface area contributed by atoms with E-state index in [2.05, 4.69) is 0 Å². The first-order chi connectivity index (χ1) is 10.0. The number of carbonyl (C=O) groups is 2. The molecule has 0 radical (unpaired) electrons. The third-order valence-corrected chi connectivity index (χ3v) is 4.68. The van der Waals surface area contributed by atoms with Gasteiger partial charge in [0.1, 0.15) is 6.54 Å². The molecule has 1 unspecified atom stereocenters. The summed E-state index contributed by atoms with van der Waals surface area (Å²) in [6.07, 6.45) is 0.828. The maximum absolute atomic E-state index is 12.6. The Labute approximate surface area is 127 Å². The molecule has 6 nitrogen and oxygen atoms in total. The molecule has 1 aliphatic rings. The molecule has 0 saturated heterocycles. The average Bonchev–Trinajstić information content (AvgIpc) is 2.92. The van der Waals surface area contributed by atoms with Crippen LogP contribution in [0.1, 0.15) is 23.4 Å². The van der Waals surface area contributed by atoms with Gasteiger partial charge in [-0.1, -0.05) is 0 Å². The first-order valence-electron chi connectivity index (χ1n) is 6.87. The lowest BCUT2D eigenvalue weighted by Gasteiger charge is -2.37. The Morgan fingerprint density at radius 3 is 3.00 bits per heavy atom. The number of aliphatic carboxylic acids is 1. The molecule has 0 bridgehead atoms. The largest absolute Gasteiger partial charge is 0.480 e. The van der Waals surface area contributed by atoms with E-state index in [1.54, 1.807) is 16.2 Å². The molecule has 7 heteroatoms. The van der Waals surface area contributed by atoms with Gasteiger partial charge in [-0.25, -0.2) is 4.79 Å². The van der Waals surface area contributed by atoms with Gasteiger partial charge < -0.3 is 19.6 Å². The molecule has 0 spiro atoms. The quantitative estimate of drug-likeness (QED) is 0.900. The van der Waals surface area contributed by atoms with Gasteiger partial charge in [0.2, 0.25) is 0 Å². The number of carbonyl (C=O) groups excluding carboxylic acids is 1. The fourth-order valence-corrected chi connectivity index (χ4v) is 3.52. The highest BCUT2D eigenvalue weighted by molar-refractivity contribution is 7.10. The SMILES string of the molecule is COCCN(CC(=O)O)C(=O)N1CCc2sccc2C1C. The molecule has 1 aromatic rings. The van der Waals surface area contributed by atoms with E-state index in [4.69, 9.17) is 9.84 Å². The summed E-state index contributed by atoms with van der Waals surface area (Å²) in [5, 5.41) is 11.0. The van der Waals surface area contributed by atoms with Crippen LogP contribution in [0.15, 0.2) is 11.4 Å². The molecule has 0 aromatic carbocycles. The molecule has 1 atom stereocenters. The number of hydrogen-bond donors (Lipinski definition) is 1. The van der Waals surface area contributed by atoms with Gasteiger partial charge >= 0.3 is 12.0 Å². The molecule has 2 amide bonds. The van der Waals surface area contributed by atoms with Crippen molar-refractivity contribution in [3.8, 4) is 0 Å². The molecule has 0 saturated carbocycles. The van der Waals surface area contributed by atoms with E-state index in [1.165, 1.54) is 22.5 Å². The summed E-state index contributed by atoms with van der Waals surface area (Å²) in [4.78, 5) is 28.0. The fourth-order valence-electron chi connectivity index (χ4n) is 2.56. The van der Waals surface area contributed by atoms with E-state index in [1.807, 2.05) is 18.4 Å². The van der Waals surface area contributed by atoms with Crippen molar-refractivity contribution in [1.29, 1.82) is 0 Å². The summed E-state index contributed by atoms with van der Waals surface area (Å²) in [7, 11) is 1.53. The number of hydrogen-bond acceptors (Lipinski definition) is 4. The third kappa shape index (κ3) is 3.54. The van der Waals surface area contributed by atoms with Crippen molar-refractivity contribution in [3.05, 3.63) is 21.9 Å². The van der Waals surface area contributed by atoms with Crippen LogP contribution in [0.5, 0.6) is 0 Å². The molecule has 1 aliphatic heterocycles. The van der Waals surface area contributed by atoms with E-state index in [0.29, 0.717) is 13.2 Å². The minimum absolute atomic E-state index is 0.0219. The highest BCUT2D eigenvalue weighted by Gasteiger charge is 2.31. The average molecular weight is 312 g/mol. The number of carboxylic acids is 1. The number of fused-ring (bicyclic) bond motifs is 1. The maximum Gasteiger partial charge on any atom is 0.323 e. The second kappa shape index (κ2) is 6.91. The number of rotatable bonds is 5. The second-order valence-electron chi connectivity index (χ2n) is 5.01. The number of urea groups is 1. The van der Waals surface area contributed by atoms with E-state index < -0.39 is 5.97 Å². The van der Waals surface area contributed by atoms with E-state index in [9.17, 15) is 9.59 Å². The number of amides is 2. The van der Waals surface area contributed by atoms with Crippen molar-refractivity contribution in [2.45, 2.75) is 19.4 Å². The molecular formula is C14H20N2O4S. The van der Waals surface area contributed by atoms with Crippen molar-refractivity contribution in [2.24, 2.45) is 0 Å². The topological polar surface area (TPSA) is 70.1 Å². The van der Waals surface area contributed by atoms with E-state index in [-0.39, 0.29) is 25.2 Å². The highest BCUT2D eigenvalue weighted by atomic mass is 32.1. The monoisotopic (exact) mass is 312 g/mol. The standard InChI is InChI=1S/C14H20N2O4S/c1-10-11-4-8-21-12(11)3-5-16(10)14(19)15(6-7-20-2)9-13(17)18/h4,8,10H,3,5-7,9H2,1-2H3,(H,17,18). The van der Waals surface area contributed by atoms with Crippen LogP contribution in [-0.2, 0) is 16.0 Å². The molecule has 21 heavy (non-hydrogen) atoms. The molecule has 1 aromatic heterocycles. The fraction of sp³-hybridized carbons (Fsp3) is 0.571. The van der Waals surface area contributed by atoms with Crippen molar-refractivity contribution in [3.63, 3.8) is 0 Å². The lowest BCUT2D eigenvalue weighted by atomic mass is 10.0. The van der Waals surface area contributed by atoms with Crippen molar-refractivity contribution in [1.82, 2.24) is 9.80 Å². The van der Waals surface area contributed by atoms with E-state index in [0.717, 1.165) is 6.42 Å². The van der Waals surface area contributed by atoms with Gasteiger partial charge in [-0.05, 0) is 30.4 Å². The number of ether oxygens (including phenoxy) is 1. The Morgan fingerprint density at radius 1 is 1.57 bits per heavy atom. The number of nitrogens with zero attached hydrogens (tertiary/aromatic N) is 2. The van der Waals surface area contributed by atoms with Gasteiger partial charge in [0.15, 0.2) is 0 Å². The molecule has 116 valence electrons. The Bertz CT molecular complexity index is 517. The zero-order valence-corrected chi connectivity index (χ0v) is 13.1. The molecule has 0 fully saturated rings. The van der Waals surface area contributed by atoms with Gasteiger partial charge in [0, 0.05) is 25.1 Å². The van der Waals surface area contributed by atoms with Crippen LogP contribution in [-0.4, -0.2) is 60.3 Å². The summed E-state index contributed by atoms with van der Waals surface area (Å²) in [5.41, 5.74) is 1.17. The van der Waals surface area contributed by atoms with Crippen LogP contribution in [0.3, 0.4) is 0 Å². The first kappa shape index (κ1) is 15.8. The molecule has 2 rings (SSSR count). The Balaban J connectivity index is 2.11. The van der Waals surface area contributed by atoms with Crippen LogP contribution in [0.4, 0.5) is 4.79 Å². The zero-order valence-electron chi connectivity index (χ0n) is 12.2. The third-order valence-electron chi connectivity index (χ3n) is 3.68. The van der Waals surface area contributed by atoms with Gasteiger partial charge in [0.25, 0.3) is 0 Å². The van der Waals surface area contributed by atoms with Gasteiger partial charge in [-0.2, -0.15) is 0 Å². The smallest absolute Gasteiger partial charge is 0.323 e. The zero-order chi connectivity index (χ0) is 15.4. The predicted octanol–water partition coefficient (Wildman–Crippen LogP) is 1.82. The van der Waals surface area contributed by atoms with Crippen LogP contribution in [0.25, 0.3) is 0 Å². The van der Waals surface area contributed by atoms with Gasteiger partial charge in [0.05, 0.1) is 12.6 Å². The normalized spacial score (nSPS) is 17.4. The number of thiophene rings is 1. The minimum atomic E-state index is -1.01. The van der Waals surface area contributed by atoms with Crippen molar-refractivity contribution in [2.75, 3.05) is 33.4 Å². The summed E-state index contributed by atoms with van der Waals surface area (Å²) in [5.74, 6) is -1.01. The van der Waals surface area contributed by atoms with Crippen LogP contribution < -0.4 is 0 Å². The first-order valence-corrected chi connectivity index (χ1v) is 7.75. The van der Waals surface area contributed by atoms with Crippen LogP contribution >= 0.6 is 11.3 Å². The van der Waals surface area contributed by atoms with Crippen molar-refractivity contribution >= 4 is 23.3 Å². The minimum Gasteiger partial charge on any atom is -0.480 e. The number of carboxylic acid groups (broad SMARTS) is 1. The molecular weight excluding hydrogens is 292 g/mol. The van der Waals surface area contributed by atoms with Gasteiger partial charge in [-0.15, -0.1) is 11.3 Å². The van der Waals surface area contributed by atoms with Crippen LogP contribution in [0.2, 0.25) is 0 Å².